The van der Waals surface area contributed by atoms with Crippen molar-refractivity contribution >= 4 is 20.4 Å². The van der Waals surface area contributed by atoms with Crippen LogP contribution in [-0.2, 0) is 6.42 Å². The van der Waals surface area contributed by atoms with Crippen molar-refractivity contribution in [3.8, 4) is 11.5 Å². The maximum Gasteiger partial charge on any atom is 0.231 e. The Balaban J connectivity index is 1.93. The van der Waals surface area contributed by atoms with E-state index in [0.717, 1.165) is 17.9 Å². The Kier molecular flexibility index (Phi) is 2.87. The lowest BCUT2D eigenvalue weighted by Crippen LogP contribution is -1.93. The molecule has 0 amide bonds. The van der Waals surface area contributed by atoms with Crippen LogP contribution >= 0.6 is 15.9 Å². The van der Waals surface area contributed by atoms with E-state index >= 15 is 0 Å². The maximum atomic E-state index is 5.42. The molecule has 90 valence electrons. The second kappa shape index (κ2) is 4.37. The van der Waals surface area contributed by atoms with E-state index in [9.17, 15) is 0 Å². The topological polar surface area (TPSA) is 18.5 Å². The summed E-state index contributed by atoms with van der Waals surface area (Å²) in [6, 6.07) is 4.22. The molecule has 2 aliphatic rings. The van der Waals surface area contributed by atoms with Crippen molar-refractivity contribution in [1.29, 1.82) is 0 Å². The molecule has 1 heterocycles. The molecule has 1 aromatic carbocycles. The van der Waals surface area contributed by atoms with E-state index in [1.54, 1.807) is 0 Å². The lowest BCUT2D eigenvalue weighted by atomic mass is 10.1. The fraction of sp³-hybridized carbons (Fsp3) is 0.429. The molecule has 1 aliphatic carbocycles. The SMILES string of the molecule is CCCCC1=C(Br)c2cc3c(cc2C1)OCO3. The van der Waals surface area contributed by atoms with Crippen molar-refractivity contribution in [3.63, 3.8) is 0 Å². The second-order valence-electron chi connectivity index (χ2n) is 4.56. The zero-order valence-electron chi connectivity index (χ0n) is 9.88. The molecule has 0 aromatic heterocycles. The minimum absolute atomic E-state index is 0.349. The molecule has 2 nitrogen and oxygen atoms in total. The highest BCUT2D eigenvalue weighted by molar-refractivity contribution is 9.15. The van der Waals surface area contributed by atoms with Gasteiger partial charge in [-0.15, -0.1) is 0 Å². The van der Waals surface area contributed by atoms with Gasteiger partial charge in [0.05, 0.1) is 0 Å². The van der Waals surface area contributed by atoms with Gasteiger partial charge in [0.15, 0.2) is 11.5 Å². The third kappa shape index (κ3) is 1.86. The molecule has 0 saturated heterocycles. The summed E-state index contributed by atoms with van der Waals surface area (Å²) in [5.41, 5.74) is 4.14. The molecule has 0 N–H and O–H groups in total. The predicted molar refractivity (Wildman–Crippen MR) is 71.6 cm³/mol. The Morgan fingerprint density at radius 2 is 2.00 bits per heavy atom. The van der Waals surface area contributed by atoms with Gasteiger partial charge < -0.3 is 9.47 Å². The van der Waals surface area contributed by atoms with Crippen molar-refractivity contribution in [2.75, 3.05) is 6.79 Å². The Morgan fingerprint density at radius 3 is 2.76 bits per heavy atom. The number of halogens is 1. The van der Waals surface area contributed by atoms with Gasteiger partial charge in [0.25, 0.3) is 0 Å². The maximum absolute atomic E-state index is 5.42. The molecule has 0 atom stereocenters. The van der Waals surface area contributed by atoms with Crippen molar-refractivity contribution in [3.05, 3.63) is 28.8 Å². The summed E-state index contributed by atoms with van der Waals surface area (Å²) < 4.78 is 12.1. The fourth-order valence-electron chi connectivity index (χ4n) is 2.42. The largest absolute Gasteiger partial charge is 0.454 e. The third-order valence-electron chi connectivity index (χ3n) is 3.38. The number of hydrogen-bond donors (Lipinski definition) is 0. The van der Waals surface area contributed by atoms with E-state index in [1.165, 1.54) is 40.4 Å². The zero-order valence-corrected chi connectivity index (χ0v) is 11.5. The van der Waals surface area contributed by atoms with Crippen molar-refractivity contribution in [1.82, 2.24) is 0 Å². The first-order valence-electron chi connectivity index (χ1n) is 6.10. The molecule has 0 saturated carbocycles. The highest BCUT2D eigenvalue weighted by Gasteiger charge is 2.24. The van der Waals surface area contributed by atoms with Gasteiger partial charge in [-0.25, -0.2) is 0 Å². The fourth-order valence-corrected chi connectivity index (χ4v) is 3.13. The molecule has 1 aliphatic heterocycles. The van der Waals surface area contributed by atoms with Crippen LogP contribution in [0.25, 0.3) is 4.48 Å². The van der Waals surface area contributed by atoms with Crippen LogP contribution in [0.5, 0.6) is 11.5 Å². The number of allylic oxidation sites excluding steroid dienone is 1. The lowest BCUT2D eigenvalue weighted by Gasteiger charge is -2.02. The normalized spacial score (nSPS) is 16.6. The van der Waals surface area contributed by atoms with Crippen LogP contribution in [0.4, 0.5) is 0 Å². The Morgan fingerprint density at radius 1 is 1.24 bits per heavy atom. The van der Waals surface area contributed by atoms with Gasteiger partial charge in [-0.1, -0.05) is 34.8 Å². The minimum atomic E-state index is 0.349. The van der Waals surface area contributed by atoms with E-state index in [2.05, 4.69) is 35.0 Å². The van der Waals surface area contributed by atoms with Crippen LogP contribution in [0.1, 0.15) is 37.3 Å². The molecule has 17 heavy (non-hydrogen) atoms. The number of unbranched alkanes of at least 4 members (excludes halogenated alkanes) is 1. The molecule has 0 fully saturated rings. The smallest absolute Gasteiger partial charge is 0.231 e. The van der Waals surface area contributed by atoms with Crippen LogP contribution in [0, 0.1) is 0 Å². The monoisotopic (exact) mass is 294 g/mol. The van der Waals surface area contributed by atoms with Crippen molar-refractivity contribution < 1.29 is 9.47 Å². The highest BCUT2D eigenvalue weighted by atomic mass is 79.9. The van der Waals surface area contributed by atoms with Crippen molar-refractivity contribution in [2.45, 2.75) is 32.6 Å². The number of hydrogen-bond acceptors (Lipinski definition) is 2. The van der Waals surface area contributed by atoms with E-state index in [0.29, 0.717) is 6.79 Å². The summed E-state index contributed by atoms with van der Waals surface area (Å²) in [4.78, 5) is 0. The molecule has 1 aromatic rings. The van der Waals surface area contributed by atoms with E-state index in [4.69, 9.17) is 9.47 Å². The molecule has 0 bridgehead atoms. The number of fused-ring (bicyclic) bond motifs is 2. The molecule has 0 spiro atoms. The van der Waals surface area contributed by atoms with Gasteiger partial charge in [0, 0.05) is 4.48 Å². The van der Waals surface area contributed by atoms with Crippen LogP contribution in [0.2, 0.25) is 0 Å². The highest BCUT2D eigenvalue weighted by Crippen LogP contribution is 2.45. The lowest BCUT2D eigenvalue weighted by molar-refractivity contribution is 0.174. The molecule has 3 rings (SSSR count). The summed E-state index contributed by atoms with van der Waals surface area (Å²) >= 11 is 3.73. The molecule has 0 radical (unpaired) electrons. The first-order chi connectivity index (χ1) is 8.29. The zero-order chi connectivity index (χ0) is 11.8. The number of ether oxygens (including phenoxy) is 2. The Hall–Kier alpha value is -0.960. The average molecular weight is 295 g/mol. The summed E-state index contributed by atoms with van der Waals surface area (Å²) in [7, 11) is 0. The van der Waals surface area contributed by atoms with E-state index < -0.39 is 0 Å². The molecular formula is C14H15BrO2. The summed E-state index contributed by atoms with van der Waals surface area (Å²) in [6.07, 6.45) is 4.72. The number of rotatable bonds is 3. The second-order valence-corrected chi connectivity index (χ2v) is 5.35. The first-order valence-corrected chi connectivity index (χ1v) is 6.89. The Labute approximate surface area is 110 Å². The van der Waals surface area contributed by atoms with Gasteiger partial charge in [-0.3, -0.25) is 0 Å². The van der Waals surface area contributed by atoms with Gasteiger partial charge in [0.2, 0.25) is 6.79 Å². The van der Waals surface area contributed by atoms with Crippen LogP contribution < -0.4 is 9.47 Å². The summed E-state index contributed by atoms with van der Waals surface area (Å²) in [6.45, 7) is 2.58. The number of benzene rings is 1. The van der Waals surface area contributed by atoms with Crippen LogP contribution in [0.15, 0.2) is 17.7 Å². The van der Waals surface area contributed by atoms with E-state index in [-0.39, 0.29) is 0 Å². The first kappa shape index (κ1) is 11.1. The third-order valence-corrected chi connectivity index (χ3v) is 4.37. The molecular weight excluding hydrogens is 280 g/mol. The van der Waals surface area contributed by atoms with Gasteiger partial charge in [-0.2, -0.15) is 0 Å². The van der Waals surface area contributed by atoms with Gasteiger partial charge >= 0.3 is 0 Å². The molecule has 3 heteroatoms. The Bertz CT molecular complexity index is 491. The minimum Gasteiger partial charge on any atom is -0.454 e. The van der Waals surface area contributed by atoms with Crippen LogP contribution in [-0.4, -0.2) is 6.79 Å². The molecule has 0 unspecified atom stereocenters. The van der Waals surface area contributed by atoms with Crippen LogP contribution in [0.3, 0.4) is 0 Å². The average Bonchev–Trinajstić information content (AvgIpc) is 2.89. The van der Waals surface area contributed by atoms with Gasteiger partial charge in [-0.05, 0) is 42.5 Å². The van der Waals surface area contributed by atoms with Gasteiger partial charge in [0.1, 0.15) is 0 Å². The standard InChI is InChI=1S/C14H15BrO2/c1-2-3-4-9-5-10-6-12-13(17-8-16-12)7-11(10)14(9)15/h6-7H,2-5,8H2,1H3. The summed E-state index contributed by atoms with van der Waals surface area (Å²) in [5.74, 6) is 1.76. The van der Waals surface area contributed by atoms with E-state index in [1.807, 2.05) is 0 Å². The predicted octanol–water partition coefficient (Wildman–Crippen LogP) is 4.27. The quantitative estimate of drug-likeness (QED) is 0.829. The van der Waals surface area contributed by atoms with Crippen molar-refractivity contribution in [2.24, 2.45) is 0 Å². The summed E-state index contributed by atoms with van der Waals surface area (Å²) in [5, 5.41) is 0.